The Morgan fingerprint density at radius 2 is 2.00 bits per heavy atom. The largest absolute Gasteiger partial charge is 0.374 e. The number of ether oxygens (including phenoxy) is 1. The van der Waals surface area contributed by atoms with Gasteiger partial charge in [-0.15, -0.1) is 0 Å². The Labute approximate surface area is 118 Å². The van der Waals surface area contributed by atoms with Gasteiger partial charge in [-0.2, -0.15) is 0 Å². The lowest BCUT2D eigenvalue weighted by Crippen LogP contribution is -2.50. The maximum absolute atomic E-state index is 6.37. The molecular formula is C14H23BrN2O. The zero-order valence-corrected chi connectivity index (χ0v) is 13.0. The van der Waals surface area contributed by atoms with Crippen molar-refractivity contribution in [2.45, 2.75) is 51.7 Å². The van der Waals surface area contributed by atoms with Crippen molar-refractivity contribution in [3.63, 3.8) is 0 Å². The molecule has 1 aromatic heterocycles. The van der Waals surface area contributed by atoms with Crippen molar-refractivity contribution in [2.75, 3.05) is 6.61 Å². The van der Waals surface area contributed by atoms with Crippen LogP contribution in [-0.2, 0) is 11.2 Å². The maximum atomic E-state index is 6.37. The van der Waals surface area contributed by atoms with Crippen molar-refractivity contribution in [3.8, 4) is 0 Å². The van der Waals surface area contributed by atoms with E-state index in [-0.39, 0.29) is 11.6 Å². The smallest absolute Gasteiger partial charge is 0.0830 e. The van der Waals surface area contributed by atoms with Gasteiger partial charge in [0.15, 0.2) is 0 Å². The summed E-state index contributed by atoms with van der Waals surface area (Å²) in [6.07, 6.45) is 6.30. The van der Waals surface area contributed by atoms with Gasteiger partial charge in [0.25, 0.3) is 0 Å². The molecule has 1 unspecified atom stereocenters. The molecular weight excluding hydrogens is 292 g/mol. The topological polar surface area (TPSA) is 48.1 Å². The van der Waals surface area contributed by atoms with Crippen LogP contribution in [0.4, 0.5) is 0 Å². The van der Waals surface area contributed by atoms with Gasteiger partial charge in [-0.1, -0.05) is 13.8 Å². The third kappa shape index (κ3) is 3.77. The molecule has 3 nitrogen and oxygen atoms in total. The van der Waals surface area contributed by atoms with E-state index in [0.717, 1.165) is 29.3 Å². The molecule has 2 N–H and O–H groups in total. The van der Waals surface area contributed by atoms with Crippen molar-refractivity contribution < 1.29 is 4.74 Å². The van der Waals surface area contributed by atoms with Crippen LogP contribution < -0.4 is 5.73 Å². The molecule has 1 heterocycles. The third-order valence-corrected chi connectivity index (χ3v) is 3.96. The van der Waals surface area contributed by atoms with Crippen molar-refractivity contribution in [1.29, 1.82) is 0 Å². The molecule has 1 aromatic rings. The summed E-state index contributed by atoms with van der Waals surface area (Å²) in [5, 5.41) is 0. The number of nitrogens with two attached hydrogens (primary N) is 1. The summed E-state index contributed by atoms with van der Waals surface area (Å²) in [4.78, 5) is 4.17. The van der Waals surface area contributed by atoms with Gasteiger partial charge in [0.2, 0.25) is 0 Å². The highest BCUT2D eigenvalue weighted by molar-refractivity contribution is 9.10. The fourth-order valence-electron chi connectivity index (χ4n) is 2.38. The Kier molecular flexibility index (Phi) is 6.26. The number of nitrogens with zero attached hydrogens (tertiary/aromatic N) is 1. The fraction of sp³-hybridized carbons (Fsp3) is 0.643. The summed E-state index contributed by atoms with van der Waals surface area (Å²) in [6, 6.07) is 2.05. The van der Waals surface area contributed by atoms with E-state index in [1.54, 1.807) is 6.20 Å². The molecule has 0 fully saturated rings. The predicted molar refractivity (Wildman–Crippen MR) is 78.6 cm³/mol. The molecule has 4 heteroatoms. The Morgan fingerprint density at radius 1 is 1.33 bits per heavy atom. The monoisotopic (exact) mass is 314 g/mol. The standard InChI is InChI=1S/C14H23BrN2O/c1-4-14(5-2,18-6-3)13(16)8-11-7-12(15)10-17-9-11/h7,9-10,13H,4-6,8,16H2,1-3H3. The van der Waals surface area contributed by atoms with E-state index in [2.05, 4.69) is 40.8 Å². The third-order valence-electron chi connectivity index (χ3n) is 3.52. The highest BCUT2D eigenvalue weighted by Gasteiger charge is 2.33. The lowest BCUT2D eigenvalue weighted by Gasteiger charge is -2.37. The minimum Gasteiger partial charge on any atom is -0.374 e. The molecule has 0 saturated heterocycles. The van der Waals surface area contributed by atoms with E-state index in [9.17, 15) is 0 Å². The molecule has 1 atom stereocenters. The Bertz CT molecular complexity index is 367. The molecule has 0 radical (unpaired) electrons. The van der Waals surface area contributed by atoms with Crippen LogP contribution in [-0.4, -0.2) is 23.2 Å². The molecule has 0 spiro atoms. The summed E-state index contributed by atoms with van der Waals surface area (Å²) >= 11 is 3.43. The number of hydrogen-bond acceptors (Lipinski definition) is 3. The Balaban J connectivity index is 2.81. The number of aromatic nitrogens is 1. The Morgan fingerprint density at radius 3 is 2.50 bits per heavy atom. The highest BCUT2D eigenvalue weighted by Crippen LogP contribution is 2.26. The summed E-state index contributed by atoms with van der Waals surface area (Å²) in [5.74, 6) is 0. The number of pyridine rings is 1. The SMILES string of the molecule is CCOC(CC)(CC)C(N)Cc1cncc(Br)c1. The van der Waals surface area contributed by atoms with E-state index >= 15 is 0 Å². The first-order chi connectivity index (χ1) is 8.57. The first-order valence-electron chi connectivity index (χ1n) is 6.57. The molecule has 102 valence electrons. The first-order valence-corrected chi connectivity index (χ1v) is 7.36. The number of rotatable bonds is 7. The molecule has 0 saturated carbocycles. The molecule has 1 rings (SSSR count). The van der Waals surface area contributed by atoms with Gasteiger partial charge >= 0.3 is 0 Å². The molecule has 18 heavy (non-hydrogen) atoms. The van der Waals surface area contributed by atoms with Gasteiger partial charge in [-0.25, -0.2) is 0 Å². The second-order valence-electron chi connectivity index (χ2n) is 4.53. The molecule has 0 aliphatic carbocycles. The van der Waals surface area contributed by atoms with E-state index < -0.39 is 0 Å². The highest BCUT2D eigenvalue weighted by atomic mass is 79.9. The van der Waals surface area contributed by atoms with Crippen molar-refractivity contribution in [2.24, 2.45) is 5.73 Å². The lowest BCUT2D eigenvalue weighted by molar-refractivity contribution is -0.0633. The van der Waals surface area contributed by atoms with Gasteiger partial charge in [0, 0.05) is 29.5 Å². The minimum atomic E-state index is -0.225. The van der Waals surface area contributed by atoms with Crippen LogP contribution in [0.3, 0.4) is 0 Å². The van der Waals surface area contributed by atoms with E-state index in [0.29, 0.717) is 6.61 Å². The van der Waals surface area contributed by atoms with E-state index in [1.165, 1.54) is 0 Å². The fourth-order valence-corrected chi connectivity index (χ4v) is 2.79. The lowest BCUT2D eigenvalue weighted by atomic mass is 9.85. The average Bonchev–Trinajstić information content (AvgIpc) is 2.36. The van der Waals surface area contributed by atoms with Crippen LogP contribution in [0.2, 0.25) is 0 Å². The molecule has 0 aliphatic rings. The van der Waals surface area contributed by atoms with Crippen LogP contribution in [0, 0.1) is 0 Å². The minimum absolute atomic E-state index is 0.0106. The zero-order valence-electron chi connectivity index (χ0n) is 11.4. The van der Waals surface area contributed by atoms with Crippen LogP contribution in [0.5, 0.6) is 0 Å². The van der Waals surface area contributed by atoms with Gasteiger partial charge in [-0.3, -0.25) is 4.98 Å². The van der Waals surface area contributed by atoms with Gasteiger partial charge in [0.05, 0.1) is 5.60 Å². The van der Waals surface area contributed by atoms with Gasteiger partial charge < -0.3 is 10.5 Å². The van der Waals surface area contributed by atoms with Crippen molar-refractivity contribution in [1.82, 2.24) is 4.98 Å². The average molecular weight is 315 g/mol. The molecule has 0 amide bonds. The molecule has 0 bridgehead atoms. The predicted octanol–water partition coefficient (Wildman–Crippen LogP) is 3.31. The number of halogens is 1. The summed E-state index contributed by atoms with van der Waals surface area (Å²) in [6.45, 7) is 7.00. The van der Waals surface area contributed by atoms with Crippen LogP contribution in [0.25, 0.3) is 0 Å². The quantitative estimate of drug-likeness (QED) is 0.840. The second kappa shape index (κ2) is 7.22. The van der Waals surface area contributed by atoms with E-state index in [4.69, 9.17) is 10.5 Å². The van der Waals surface area contributed by atoms with Crippen LogP contribution in [0.1, 0.15) is 39.2 Å². The maximum Gasteiger partial charge on any atom is 0.0830 e. The second-order valence-corrected chi connectivity index (χ2v) is 5.44. The zero-order chi connectivity index (χ0) is 13.6. The van der Waals surface area contributed by atoms with Crippen LogP contribution in [0.15, 0.2) is 22.9 Å². The summed E-state index contributed by atoms with van der Waals surface area (Å²) in [7, 11) is 0. The Hall–Kier alpha value is -0.450. The van der Waals surface area contributed by atoms with Gasteiger partial charge in [0.1, 0.15) is 0 Å². The van der Waals surface area contributed by atoms with Crippen molar-refractivity contribution >= 4 is 15.9 Å². The molecule has 0 aliphatic heterocycles. The first kappa shape index (κ1) is 15.6. The molecule has 0 aromatic carbocycles. The van der Waals surface area contributed by atoms with Crippen LogP contribution >= 0.6 is 15.9 Å². The summed E-state index contributed by atoms with van der Waals surface area (Å²) < 4.78 is 6.92. The van der Waals surface area contributed by atoms with Crippen molar-refractivity contribution in [3.05, 3.63) is 28.5 Å². The summed E-state index contributed by atoms with van der Waals surface area (Å²) in [5.41, 5.74) is 7.29. The number of hydrogen-bond donors (Lipinski definition) is 1. The van der Waals surface area contributed by atoms with E-state index in [1.807, 2.05) is 13.1 Å². The normalized spacial score (nSPS) is 13.6. The van der Waals surface area contributed by atoms with Gasteiger partial charge in [-0.05, 0) is 53.7 Å².